The molecule has 180 valence electrons. The monoisotopic (exact) mass is 461 g/mol. The van der Waals surface area contributed by atoms with Crippen LogP contribution in [0.25, 0.3) is 16.5 Å². The zero-order valence-electron chi connectivity index (χ0n) is 20.3. The Bertz CT molecular complexity index is 1140. The van der Waals surface area contributed by atoms with Gasteiger partial charge in [-0.15, -0.1) is 0 Å². The molecule has 0 bridgehead atoms. The van der Waals surface area contributed by atoms with Crippen LogP contribution < -0.4 is 10.6 Å². The number of carbonyl (C=O) groups is 1. The minimum atomic E-state index is 0.0690. The average molecular weight is 462 g/mol. The van der Waals surface area contributed by atoms with Crippen LogP contribution in [0.5, 0.6) is 0 Å². The summed E-state index contributed by atoms with van der Waals surface area (Å²) in [6, 6.07) is 8.68. The highest BCUT2D eigenvalue weighted by Crippen LogP contribution is 2.30. The lowest BCUT2D eigenvalue weighted by atomic mass is 9.94. The Labute approximate surface area is 201 Å². The van der Waals surface area contributed by atoms with Gasteiger partial charge in [0.2, 0.25) is 5.91 Å². The van der Waals surface area contributed by atoms with E-state index < -0.39 is 0 Å². The molecule has 0 saturated carbocycles. The summed E-state index contributed by atoms with van der Waals surface area (Å²) in [5, 5.41) is 2.17. The standard InChI is InChI=1S/C27H35N5O2/c1-18-6-10-32(16-18)26-14-20-4-3-5-22(23(20)15-29-26)27(28)24-17-31(19(2)33)11-7-25(24)30-21-8-12-34-13-9-21/h3-5,14-15,18,21H,6-13,16-17,28H2,1-2H3/t18-/m1/s1. The highest BCUT2D eigenvalue weighted by atomic mass is 16.5. The SMILES string of the molecule is CC(=O)N1CCC(=NC2CCOCC2)C(=C(N)c2cccc3cc(N4CC[C@@H](C)C4)ncc23)C1. The van der Waals surface area contributed by atoms with Crippen molar-refractivity contribution in [1.29, 1.82) is 0 Å². The second-order valence-corrected chi connectivity index (χ2v) is 9.91. The van der Waals surface area contributed by atoms with Gasteiger partial charge in [0.1, 0.15) is 5.82 Å². The summed E-state index contributed by atoms with van der Waals surface area (Å²) < 4.78 is 5.51. The zero-order chi connectivity index (χ0) is 23.7. The molecule has 3 aliphatic heterocycles. The maximum absolute atomic E-state index is 12.2. The van der Waals surface area contributed by atoms with E-state index in [-0.39, 0.29) is 11.9 Å². The normalized spacial score (nSPS) is 24.8. The number of anilines is 1. The Morgan fingerprint density at radius 2 is 2.03 bits per heavy atom. The molecule has 0 spiro atoms. The van der Waals surface area contributed by atoms with E-state index >= 15 is 0 Å². The van der Waals surface area contributed by atoms with Crippen LogP contribution in [-0.2, 0) is 9.53 Å². The molecule has 0 radical (unpaired) electrons. The second kappa shape index (κ2) is 9.74. The van der Waals surface area contributed by atoms with Gasteiger partial charge in [-0.25, -0.2) is 4.98 Å². The number of aromatic nitrogens is 1. The van der Waals surface area contributed by atoms with E-state index in [2.05, 4.69) is 36.1 Å². The largest absolute Gasteiger partial charge is 0.398 e. The van der Waals surface area contributed by atoms with E-state index in [9.17, 15) is 4.79 Å². The van der Waals surface area contributed by atoms with Gasteiger partial charge in [0.25, 0.3) is 0 Å². The van der Waals surface area contributed by atoms with Gasteiger partial charge in [-0.05, 0) is 36.6 Å². The van der Waals surface area contributed by atoms with Crippen LogP contribution in [0.4, 0.5) is 5.82 Å². The molecule has 1 aromatic carbocycles. The molecule has 2 aromatic rings. The van der Waals surface area contributed by atoms with Crippen molar-refractivity contribution in [2.24, 2.45) is 16.6 Å². The van der Waals surface area contributed by atoms with E-state index in [1.165, 1.54) is 6.42 Å². The molecule has 0 unspecified atom stereocenters. The first-order chi connectivity index (χ1) is 16.5. The molecule has 7 heteroatoms. The molecule has 34 heavy (non-hydrogen) atoms. The maximum Gasteiger partial charge on any atom is 0.219 e. The summed E-state index contributed by atoms with van der Waals surface area (Å²) in [6.45, 7) is 8.71. The number of hydrogen-bond acceptors (Lipinski definition) is 6. The fraction of sp³-hybridized carbons (Fsp3) is 0.519. The zero-order valence-corrected chi connectivity index (χ0v) is 20.3. The third-order valence-corrected chi connectivity index (χ3v) is 7.40. The number of likely N-dealkylation sites (tertiary alicyclic amines) is 1. The van der Waals surface area contributed by atoms with Crippen molar-refractivity contribution in [2.45, 2.75) is 45.6 Å². The Morgan fingerprint density at radius 3 is 2.76 bits per heavy atom. The smallest absolute Gasteiger partial charge is 0.219 e. The topological polar surface area (TPSA) is 84.0 Å². The van der Waals surface area contributed by atoms with Crippen LogP contribution in [-0.4, -0.2) is 66.9 Å². The highest BCUT2D eigenvalue weighted by molar-refractivity contribution is 6.10. The Kier molecular flexibility index (Phi) is 6.55. The molecule has 7 nitrogen and oxygen atoms in total. The Morgan fingerprint density at radius 1 is 1.21 bits per heavy atom. The van der Waals surface area contributed by atoms with Gasteiger partial charge >= 0.3 is 0 Å². The van der Waals surface area contributed by atoms with Gasteiger partial charge in [-0.2, -0.15) is 0 Å². The lowest BCUT2D eigenvalue weighted by Gasteiger charge is -2.31. The van der Waals surface area contributed by atoms with Gasteiger partial charge in [0.05, 0.1) is 6.04 Å². The van der Waals surface area contributed by atoms with Crippen LogP contribution >= 0.6 is 0 Å². The van der Waals surface area contributed by atoms with E-state index in [1.54, 1.807) is 6.92 Å². The van der Waals surface area contributed by atoms with Gasteiger partial charge in [-0.3, -0.25) is 9.79 Å². The molecule has 2 N–H and O–H groups in total. The number of benzene rings is 1. The molecular formula is C27H35N5O2. The van der Waals surface area contributed by atoms with Crippen molar-refractivity contribution in [3.8, 4) is 0 Å². The number of fused-ring (bicyclic) bond motifs is 1. The number of ether oxygens (including phenoxy) is 1. The molecule has 0 aliphatic carbocycles. The van der Waals surface area contributed by atoms with Crippen molar-refractivity contribution in [2.75, 3.05) is 44.3 Å². The number of nitrogens with two attached hydrogens (primary N) is 1. The van der Waals surface area contributed by atoms with Crippen molar-refractivity contribution in [3.63, 3.8) is 0 Å². The summed E-state index contributed by atoms with van der Waals surface area (Å²) in [5.41, 5.74) is 10.5. The lowest BCUT2D eigenvalue weighted by Crippen LogP contribution is -2.40. The van der Waals surface area contributed by atoms with Crippen LogP contribution in [0.1, 0.15) is 45.1 Å². The number of nitrogens with zero attached hydrogens (tertiary/aromatic N) is 4. The number of piperidine rings is 1. The first-order valence-corrected chi connectivity index (χ1v) is 12.5. The van der Waals surface area contributed by atoms with Crippen molar-refractivity contribution >= 4 is 33.9 Å². The summed E-state index contributed by atoms with van der Waals surface area (Å²) in [5.74, 6) is 1.80. The van der Waals surface area contributed by atoms with Crippen molar-refractivity contribution in [3.05, 3.63) is 41.6 Å². The summed E-state index contributed by atoms with van der Waals surface area (Å²) in [7, 11) is 0. The summed E-state index contributed by atoms with van der Waals surface area (Å²) >= 11 is 0. The van der Waals surface area contributed by atoms with Crippen LogP contribution in [0.15, 0.2) is 41.0 Å². The molecule has 3 saturated heterocycles. The minimum absolute atomic E-state index is 0.0690. The first kappa shape index (κ1) is 22.8. The summed E-state index contributed by atoms with van der Waals surface area (Å²) in [6.07, 6.45) is 5.76. The predicted octanol–water partition coefficient (Wildman–Crippen LogP) is 3.62. The van der Waals surface area contributed by atoms with E-state index in [0.29, 0.717) is 24.7 Å². The van der Waals surface area contributed by atoms with E-state index in [4.69, 9.17) is 20.4 Å². The van der Waals surface area contributed by atoms with Gasteiger partial charge in [0.15, 0.2) is 0 Å². The van der Waals surface area contributed by atoms with Crippen LogP contribution in [0.2, 0.25) is 0 Å². The molecule has 3 aliphatic rings. The molecule has 3 fully saturated rings. The number of rotatable bonds is 3. The maximum atomic E-state index is 12.2. The first-order valence-electron chi connectivity index (χ1n) is 12.5. The molecule has 1 aromatic heterocycles. The van der Waals surface area contributed by atoms with Gasteiger partial charge < -0.3 is 20.3 Å². The minimum Gasteiger partial charge on any atom is -0.398 e. The number of hydrogen-bond donors (Lipinski definition) is 1. The molecular weight excluding hydrogens is 426 g/mol. The lowest BCUT2D eigenvalue weighted by molar-refractivity contribution is -0.128. The fourth-order valence-electron chi connectivity index (χ4n) is 5.31. The number of aliphatic imine (C=N–C) groups is 1. The van der Waals surface area contributed by atoms with Crippen molar-refractivity contribution in [1.82, 2.24) is 9.88 Å². The third-order valence-electron chi connectivity index (χ3n) is 7.40. The number of pyridine rings is 1. The molecule has 1 amide bonds. The van der Waals surface area contributed by atoms with E-state index in [0.717, 1.165) is 79.0 Å². The van der Waals surface area contributed by atoms with Gasteiger partial charge in [0, 0.05) is 86.9 Å². The van der Waals surface area contributed by atoms with Crippen LogP contribution in [0.3, 0.4) is 0 Å². The Hall–Kier alpha value is -2.93. The second-order valence-electron chi connectivity index (χ2n) is 9.91. The average Bonchev–Trinajstić information content (AvgIpc) is 3.30. The molecule has 1 atom stereocenters. The highest BCUT2D eigenvalue weighted by Gasteiger charge is 2.26. The third kappa shape index (κ3) is 4.67. The number of carbonyl (C=O) groups excluding carboxylic acids is 1. The quantitative estimate of drug-likeness (QED) is 0.755. The summed E-state index contributed by atoms with van der Waals surface area (Å²) in [4.78, 5) is 26.3. The fourth-order valence-corrected chi connectivity index (χ4v) is 5.31. The van der Waals surface area contributed by atoms with Crippen LogP contribution in [0, 0.1) is 5.92 Å². The van der Waals surface area contributed by atoms with Crippen molar-refractivity contribution < 1.29 is 9.53 Å². The Balaban J connectivity index is 1.54. The van der Waals surface area contributed by atoms with E-state index in [1.807, 2.05) is 11.1 Å². The molecule has 5 rings (SSSR count). The van der Waals surface area contributed by atoms with Gasteiger partial charge in [-0.1, -0.05) is 25.1 Å². The number of amides is 1. The predicted molar refractivity (Wildman–Crippen MR) is 137 cm³/mol. The molecule has 4 heterocycles.